The number of amides is 1. The molecule has 1 amide bonds. The van der Waals surface area contributed by atoms with E-state index in [9.17, 15) is 4.79 Å². The third kappa shape index (κ3) is 2.58. The van der Waals surface area contributed by atoms with Crippen molar-refractivity contribution in [1.29, 1.82) is 0 Å². The normalized spacial score (nSPS) is 26.2. The van der Waals surface area contributed by atoms with Crippen LogP contribution in [0.5, 0.6) is 0 Å². The molecule has 21 heavy (non-hydrogen) atoms. The zero-order chi connectivity index (χ0) is 15.0. The fourth-order valence-corrected chi connectivity index (χ4v) is 3.47. The van der Waals surface area contributed by atoms with Gasteiger partial charge in [-0.05, 0) is 36.1 Å². The van der Waals surface area contributed by atoms with E-state index in [1.165, 1.54) is 5.56 Å². The molecule has 1 saturated heterocycles. The summed E-state index contributed by atoms with van der Waals surface area (Å²) in [4.78, 5) is 13.6. The Morgan fingerprint density at radius 3 is 2.95 bits per heavy atom. The molecule has 1 fully saturated rings. The molecule has 0 aromatic heterocycles. The standard InChI is InChI=1S/C17H24N2O2/c1-4-18-16(17-11(2)7-8-21-17)12-5-6-14-13(9-12)10-15(20)19(14)3/h5-6,9,11,16-18H,4,7-8,10H2,1-3H3. The smallest absolute Gasteiger partial charge is 0.231 e. The van der Waals surface area contributed by atoms with Gasteiger partial charge in [-0.2, -0.15) is 0 Å². The first-order valence-electron chi connectivity index (χ1n) is 7.86. The highest BCUT2D eigenvalue weighted by Gasteiger charge is 2.33. The molecule has 0 radical (unpaired) electrons. The summed E-state index contributed by atoms with van der Waals surface area (Å²) in [6.45, 7) is 6.14. The Balaban J connectivity index is 1.90. The Hall–Kier alpha value is -1.39. The van der Waals surface area contributed by atoms with Gasteiger partial charge in [0.05, 0.1) is 18.6 Å². The van der Waals surface area contributed by atoms with Crippen molar-refractivity contribution in [2.24, 2.45) is 5.92 Å². The van der Waals surface area contributed by atoms with Gasteiger partial charge in [-0.25, -0.2) is 0 Å². The Kier molecular flexibility index (Phi) is 4.00. The summed E-state index contributed by atoms with van der Waals surface area (Å²) in [6, 6.07) is 6.59. The van der Waals surface area contributed by atoms with E-state index in [0.29, 0.717) is 12.3 Å². The molecule has 0 saturated carbocycles. The third-order valence-corrected chi connectivity index (χ3v) is 4.74. The first-order valence-corrected chi connectivity index (χ1v) is 7.86. The summed E-state index contributed by atoms with van der Waals surface area (Å²) in [5.41, 5.74) is 3.41. The lowest BCUT2D eigenvalue weighted by molar-refractivity contribution is -0.117. The largest absolute Gasteiger partial charge is 0.376 e. The van der Waals surface area contributed by atoms with Gasteiger partial charge in [0.1, 0.15) is 0 Å². The van der Waals surface area contributed by atoms with Gasteiger partial charge < -0.3 is 15.0 Å². The minimum atomic E-state index is 0.174. The lowest BCUT2D eigenvalue weighted by Gasteiger charge is -2.27. The number of nitrogens with zero attached hydrogens (tertiary/aromatic N) is 1. The molecule has 3 rings (SSSR count). The minimum absolute atomic E-state index is 0.174. The Morgan fingerprint density at radius 1 is 1.48 bits per heavy atom. The van der Waals surface area contributed by atoms with Crippen molar-refractivity contribution in [2.75, 3.05) is 25.1 Å². The monoisotopic (exact) mass is 288 g/mol. The lowest BCUT2D eigenvalue weighted by Crippen LogP contribution is -2.34. The van der Waals surface area contributed by atoms with E-state index in [4.69, 9.17) is 4.74 Å². The molecule has 0 aliphatic carbocycles. The molecule has 4 nitrogen and oxygen atoms in total. The number of fused-ring (bicyclic) bond motifs is 1. The first-order chi connectivity index (χ1) is 10.1. The molecular formula is C17H24N2O2. The van der Waals surface area contributed by atoms with Crippen LogP contribution in [0.15, 0.2) is 18.2 Å². The predicted molar refractivity (Wildman–Crippen MR) is 83.5 cm³/mol. The second-order valence-corrected chi connectivity index (χ2v) is 6.15. The van der Waals surface area contributed by atoms with Crippen LogP contribution < -0.4 is 10.2 Å². The number of benzene rings is 1. The van der Waals surface area contributed by atoms with Crippen LogP contribution in [0, 0.1) is 5.92 Å². The minimum Gasteiger partial charge on any atom is -0.376 e. The maximum absolute atomic E-state index is 11.8. The molecule has 0 spiro atoms. The third-order valence-electron chi connectivity index (χ3n) is 4.74. The molecule has 1 aromatic rings. The van der Waals surface area contributed by atoms with E-state index in [1.54, 1.807) is 4.90 Å². The predicted octanol–water partition coefficient (Wildman–Crippen LogP) is 2.28. The number of carbonyl (C=O) groups is 1. The molecular weight excluding hydrogens is 264 g/mol. The number of likely N-dealkylation sites (N-methyl/N-ethyl adjacent to an activating group) is 2. The Morgan fingerprint density at radius 2 is 2.29 bits per heavy atom. The maximum Gasteiger partial charge on any atom is 0.231 e. The van der Waals surface area contributed by atoms with Gasteiger partial charge in [0.15, 0.2) is 0 Å². The molecule has 4 heteroatoms. The summed E-state index contributed by atoms with van der Waals surface area (Å²) in [6.07, 6.45) is 1.86. The molecule has 1 aromatic carbocycles. The fourth-order valence-electron chi connectivity index (χ4n) is 3.47. The van der Waals surface area contributed by atoms with E-state index in [1.807, 2.05) is 7.05 Å². The second kappa shape index (κ2) is 5.78. The van der Waals surface area contributed by atoms with E-state index >= 15 is 0 Å². The average molecular weight is 288 g/mol. The van der Waals surface area contributed by atoms with Crippen LogP contribution in [0.25, 0.3) is 0 Å². The van der Waals surface area contributed by atoms with Crippen LogP contribution in [-0.2, 0) is 16.0 Å². The number of nitrogens with one attached hydrogen (secondary N) is 1. The van der Waals surface area contributed by atoms with Gasteiger partial charge >= 0.3 is 0 Å². The molecule has 3 atom stereocenters. The van der Waals surface area contributed by atoms with Crippen molar-refractivity contribution < 1.29 is 9.53 Å². The molecule has 2 heterocycles. The van der Waals surface area contributed by atoms with E-state index in [2.05, 4.69) is 37.4 Å². The highest BCUT2D eigenvalue weighted by Crippen LogP contribution is 2.35. The van der Waals surface area contributed by atoms with Gasteiger partial charge in [0, 0.05) is 19.3 Å². The van der Waals surface area contributed by atoms with Crippen molar-refractivity contribution in [1.82, 2.24) is 5.32 Å². The number of rotatable bonds is 4. The van der Waals surface area contributed by atoms with Crippen LogP contribution in [0.4, 0.5) is 5.69 Å². The second-order valence-electron chi connectivity index (χ2n) is 6.15. The van der Waals surface area contributed by atoms with Crippen molar-refractivity contribution in [3.63, 3.8) is 0 Å². The molecule has 3 unspecified atom stereocenters. The van der Waals surface area contributed by atoms with Gasteiger partial charge in [-0.3, -0.25) is 4.79 Å². The van der Waals surface area contributed by atoms with Crippen molar-refractivity contribution >= 4 is 11.6 Å². The van der Waals surface area contributed by atoms with E-state index in [0.717, 1.165) is 30.8 Å². The van der Waals surface area contributed by atoms with Crippen molar-refractivity contribution in [2.45, 2.75) is 38.8 Å². The van der Waals surface area contributed by atoms with Crippen LogP contribution in [0.1, 0.15) is 37.4 Å². The molecule has 1 N–H and O–H groups in total. The van der Waals surface area contributed by atoms with Crippen molar-refractivity contribution in [3.8, 4) is 0 Å². The topological polar surface area (TPSA) is 41.6 Å². The zero-order valence-electron chi connectivity index (χ0n) is 13.1. The summed E-state index contributed by atoms with van der Waals surface area (Å²) >= 11 is 0. The average Bonchev–Trinajstić information content (AvgIpc) is 3.01. The zero-order valence-corrected chi connectivity index (χ0v) is 13.1. The molecule has 2 aliphatic heterocycles. The molecule has 114 valence electrons. The van der Waals surface area contributed by atoms with Crippen LogP contribution in [0.3, 0.4) is 0 Å². The lowest BCUT2D eigenvalue weighted by atomic mass is 9.91. The number of hydrogen-bond donors (Lipinski definition) is 1. The number of carbonyl (C=O) groups excluding carboxylic acids is 1. The van der Waals surface area contributed by atoms with E-state index in [-0.39, 0.29) is 18.1 Å². The Labute approximate surface area is 126 Å². The quantitative estimate of drug-likeness (QED) is 0.924. The molecule has 0 bridgehead atoms. The first kappa shape index (κ1) is 14.5. The summed E-state index contributed by atoms with van der Waals surface area (Å²) < 4.78 is 5.96. The highest BCUT2D eigenvalue weighted by atomic mass is 16.5. The van der Waals surface area contributed by atoms with Gasteiger partial charge in [0.2, 0.25) is 5.91 Å². The summed E-state index contributed by atoms with van der Waals surface area (Å²) in [7, 11) is 1.85. The van der Waals surface area contributed by atoms with Crippen molar-refractivity contribution in [3.05, 3.63) is 29.3 Å². The van der Waals surface area contributed by atoms with Gasteiger partial charge in [-0.15, -0.1) is 0 Å². The summed E-state index contributed by atoms with van der Waals surface area (Å²) in [5, 5.41) is 3.56. The van der Waals surface area contributed by atoms with Crippen LogP contribution >= 0.6 is 0 Å². The summed E-state index contributed by atoms with van der Waals surface area (Å²) in [5.74, 6) is 0.735. The van der Waals surface area contributed by atoms with Gasteiger partial charge in [-0.1, -0.05) is 26.0 Å². The van der Waals surface area contributed by atoms with Gasteiger partial charge in [0.25, 0.3) is 0 Å². The number of hydrogen-bond acceptors (Lipinski definition) is 3. The highest BCUT2D eigenvalue weighted by molar-refractivity contribution is 6.00. The molecule has 2 aliphatic rings. The number of ether oxygens (including phenoxy) is 1. The number of anilines is 1. The SMILES string of the molecule is CCNC(c1ccc2c(c1)CC(=O)N2C)C1OCCC1C. The van der Waals surface area contributed by atoms with Crippen LogP contribution in [-0.4, -0.2) is 32.2 Å². The Bertz CT molecular complexity index is 544. The fraction of sp³-hybridized carbons (Fsp3) is 0.588. The van der Waals surface area contributed by atoms with Crippen LogP contribution in [0.2, 0.25) is 0 Å². The van der Waals surface area contributed by atoms with E-state index < -0.39 is 0 Å². The maximum atomic E-state index is 11.8.